The van der Waals surface area contributed by atoms with Gasteiger partial charge >= 0.3 is 0 Å². The van der Waals surface area contributed by atoms with Gasteiger partial charge in [0.1, 0.15) is 5.75 Å². The van der Waals surface area contributed by atoms with E-state index < -0.39 is 0 Å². The molecule has 1 aliphatic heterocycles. The normalized spacial score (nSPS) is 17.4. The summed E-state index contributed by atoms with van der Waals surface area (Å²) in [7, 11) is 1.65. The van der Waals surface area contributed by atoms with Gasteiger partial charge in [0.25, 0.3) is 0 Å². The fraction of sp³-hybridized carbons (Fsp3) is 0.556. The maximum absolute atomic E-state index is 11.2. The number of benzene rings is 1. The molecule has 1 amide bonds. The molecule has 6 nitrogen and oxygen atoms in total. The molecule has 1 saturated heterocycles. The SMILES string of the molecule is CCNC(=NCc1ccc(OC)c(Br)c1)N1CCCC(CC(N)=O)C1.I. The van der Waals surface area contributed by atoms with Gasteiger partial charge in [-0.3, -0.25) is 4.79 Å². The molecule has 8 heteroatoms. The van der Waals surface area contributed by atoms with Crippen LogP contribution in [0.2, 0.25) is 0 Å². The van der Waals surface area contributed by atoms with Crippen LogP contribution in [0.5, 0.6) is 5.75 Å². The third-order valence-corrected chi connectivity index (χ3v) is 4.89. The Morgan fingerprint density at radius 1 is 1.50 bits per heavy atom. The molecule has 26 heavy (non-hydrogen) atoms. The number of ether oxygens (including phenoxy) is 1. The van der Waals surface area contributed by atoms with E-state index in [1.54, 1.807) is 7.11 Å². The summed E-state index contributed by atoms with van der Waals surface area (Å²) in [5.41, 5.74) is 6.46. The van der Waals surface area contributed by atoms with Crippen LogP contribution < -0.4 is 15.8 Å². The van der Waals surface area contributed by atoms with Crippen molar-refractivity contribution in [2.45, 2.75) is 32.7 Å². The van der Waals surface area contributed by atoms with E-state index in [0.717, 1.165) is 54.2 Å². The Labute approximate surface area is 181 Å². The lowest BCUT2D eigenvalue weighted by Crippen LogP contribution is -2.47. The summed E-state index contributed by atoms with van der Waals surface area (Å²) < 4.78 is 6.19. The second-order valence-electron chi connectivity index (χ2n) is 6.26. The van der Waals surface area contributed by atoms with E-state index in [2.05, 4.69) is 33.1 Å². The van der Waals surface area contributed by atoms with E-state index in [9.17, 15) is 4.79 Å². The smallest absolute Gasteiger partial charge is 0.217 e. The fourth-order valence-corrected chi connectivity index (χ4v) is 3.70. The number of carbonyl (C=O) groups is 1. The van der Waals surface area contributed by atoms with Crippen molar-refractivity contribution in [3.05, 3.63) is 28.2 Å². The molecule has 1 aliphatic rings. The van der Waals surface area contributed by atoms with Gasteiger partial charge in [0.2, 0.25) is 5.91 Å². The highest BCUT2D eigenvalue weighted by molar-refractivity contribution is 14.0. The average Bonchev–Trinajstić information content (AvgIpc) is 2.58. The Morgan fingerprint density at radius 2 is 2.27 bits per heavy atom. The van der Waals surface area contributed by atoms with Crippen molar-refractivity contribution in [2.75, 3.05) is 26.7 Å². The predicted octanol–water partition coefficient (Wildman–Crippen LogP) is 3.13. The van der Waals surface area contributed by atoms with Gasteiger partial charge in [-0.2, -0.15) is 0 Å². The minimum Gasteiger partial charge on any atom is -0.496 e. The lowest BCUT2D eigenvalue weighted by molar-refractivity contribution is -0.119. The molecule has 2 rings (SSSR count). The summed E-state index contributed by atoms with van der Waals surface area (Å²) in [6, 6.07) is 5.98. The Bertz CT molecular complexity index is 627. The summed E-state index contributed by atoms with van der Waals surface area (Å²) in [6.07, 6.45) is 2.54. The van der Waals surface area contributed by atoms with E-state index in [4.69, 9.17) is 15.5 Å². The van der Waals surface area contributed by atoms with Crippen LogP contribution >= 0.6 is 39.9 Å². The lowest BCUT2D eigenvalue weighted by atomic mass is 9.95. The van der Waals surface area contributed by atoms with Gasteiger partial charge < -0.3 is 20.7 Å². The number of rotatable bonds is 6. The summed E-state index contributed by atoms with van der Waals surface area (Å²) in [5.74, 6) is 1.79. The summed E-state index contributed by atoms with van der Waals surface area (Å²) in [6.45, 7) is 5.23. The summed E-state index contributed by atoms with van der Waals surface area (Å²) in [5, 5.41) is 3.36. The number of primary amides is 1. The molecule has 0 radical (unpaired) electrons. The maximum atomic E-state index is 11.2. The molecule has 1 fully saturated rings. The number of hydrogen-bond donors (Lipinski definition) is 2. The fourth-order valence-electron chi connectivity index (χ4n) is 3.11. The van der Waals surface area contributed by atoms with Crippen molar-refractivity contribution < 1.29 is 9.53 Å². The zero-order valence-electron chi connectivity index (χ0n) is 15.3. The molecule has 1 aromatic rings. The molecule has 0 aliphatic carbocycles. The number of methoxy groups -OCH3 is 1. The van der Waals surface area contributed by atoms with Crippen molar-refractivity contribution in [3.8, 4) is 5.75 Å². The highest BCUT2D eigenvalue weighted by Crippen LogP contribution is 2.26. The first-order valence-corrected chi connectivity index (χ1v) is 9.46. The average molecular weight is 539 g/mol. The first-order chi connectivity index (χ1) is 12.0. The van der Waals surface area contributed by atoms with Crippen molar-refractivity contribution in [2.24, 2.45) is 16.6 Å². The van der Waals surface area contributed by atoms with Crippen molar-refractivity contribution in [1.82, 2.24) is 10.2 Å². The number of nitrogens with two attached hydrogens (primary N) is 1. The van der Waals surface area contributed by atoms with Crippen LogP contribution in [0.25, 0.3) is 0 Å². The minimum atomic E-state index is -0.225. The van der Waals surface area contributed by atoms with Gasteiger partial charge in [-0.25, -0.2) is 4.99 Å². The number of nitrogens with zero attached hydrogens (tertiary/aromatic N) is 2. The van der Waals surface area contributed by atoms with E-state index in [-0.39, 0.29) is 29.9 Å². The number of piperidine rings is 1. The number of nitrogens with one attached hydrogen (secondary N) is 1. The second-order valence-corrected chi connectivity index (χ2v) is 7.12. The molecule has 0 aromatic heterocycles. The molecule has 1 heterocycles. The largest absolute Gasteiger partial charge is 0.496 e. The van der Waals surface area contributed by atoms with Crippen LogP contribution in [0.3, 0.4) is 0 Å². The van der Waals surface area contributed by atoms with Crippen LogP contribution in [-0.4, -0.2) is 43.5 Å². The number of carbonyl (C=O) groups excluding carboxylic acids is 1. The van der Waals surface area contributed by atoms with Crippen molar-refractivity contribution in [1.29, 1.82) is 0 Å². The van der Waals surface area contributed by atoms with Gasteiger partial charge in [-0.1, -0.05) is 6.07 Å². The van der Waals surface area contributed by atoms with Gasteiger partial charge in [0, 0.05) is 26.1 Å². The number of aliphatic imine (C=N–C) groups is 1. The third kappa shape index (κ3) is 6.94. The summed E-state index contributed by atoms with van der Waals surface area (Å²) in [4.78, 5) is 18.2. The molecule has 1 atom stereocenters. The molecular formula is C18H28BrIN4O2. The Balaban J connectivity index is 0.00000338. The molecule has 0 bridgehead atoms. The Morgan fingerprint density at radius 3 is 2.88 bits per heavy atom. The Kier molecular flexibility index (Phi) is 10.3. The van der Waals surface area contributed by atoms with E-state index in [1.165, 1.54) is 0 Å². The second kappa shape index (κ2) is 11.6. The van der Waals surface area contributed by atoms with Crippen molar-refractivity contribution >= 4 is 51.8 Å². The van der Waals surface area contributed by atoms with Crippen molar-refractivity contribution in [3.63, 3.8) is 0 Å². The standard InChI is InChI=1S/C18H27BrN4O2.HI/c1-3-21-18(23-8-4-5-14(12-23)10-17(20)24)22-11-13-6-7-16(25-2)15(19)9-13;/h6-7,9,14H,3-5,8,10-12H2,1-2H3,(H2,20,24)(H,21,22);1H. The minimum absolute atomic E-state index is 0. The monoisotopic (exact) mass is 538 g/mol. The number of likely N-dealkylation sites (tertiary alicyclic amines) is 1. The van der Waals surface area contributed by atoms with E-state index in [0.29, 0.717) is 18.9 Å². The first kappa shape index (κ1) is 23.0. The molecular weight excluding hydrogens is 511 g/mol. The number of amides is 1. The number of guanidine groups is 1. The zero-order chi connectivity index (χ0) is 18.2. The van der Waals surface area contributed by atoms with Gasteiger partial charge in [-0.05, 0) is 59.3 Å². The first-order valence-electron chi connectivity index (χ1n) is 8.67. The van der Waals surface area contributed by atoms with Crippen LogP contribution in [0, 0.1) is 5.92 Å². The maximum Gasteiger partial charge on any atom is 0.217 e. The van der Waals surface area contributed by atoms with Crippen LogP contribution in [0.15, 0.2) is 27.7 Å². The van der Waals surface area contributed by atoms with E-state index >= 15 is 0 Å². The number of halogens is 2. The molecule has 3 N–H and O–H groups in total. The molecule has 0 saturated carbocycles. The highest BCUT2D eigenvalue weighted by atomic mass is 127. The van der Waals surface area contributed by atoms with E-state index in [1.807, 2.05) is 18.2 Å². The van der Waals surface area contributed by atoms with Gasteiger partial charge in [0.15, 0.2) is 5.96 Å². The highest BCUT2D eigenvalue weighted by Gasteiger charge is 2.23. The van der Waals surface area contributed by atoms with Crippen LogP contribution in [0.1, 0.15) is 31.7 Å². The topological polar surface area (TPSA) is 80.0 Å². The van der Waals surface area contributed by atoms with Gasteiger partial charge in [-0.15, -0.1) is 24.0 Å². The predicted molar refractivity (Wildman–Crippen MR) is 119 cm³/mol. The zero-order valence-corrected chi connectivity index (χ0v) is 19.2. The Hall–Kier alpha value is -1.03. The van der Waals surface area contributed by atoms with Crippen LogP contribution in [0.4, 0.5) is 0 Å². The summed E-state index contributed by atoms with van der Waals surface area (Å²) >= 11 is 3.51. The third-order valence-electron chi connectivity index (χ3n) is 4.27. The number of hydrogen-bond acceptors (Lipinski definition) is 3. The van der Waals surface area contributed by atoms with Crippen LogP contribution in [-0.2, 0) is 11.3 Å². The molecule has 0 spiro atoms. The van der Waals surface area contributed by atoms with Gasteiger partial charge in [0.05, 0.1) is 18.1 Å². The lowest BCUT2D eigenvalue weighted by Gasteiger charge is -2.34. The quantitative estimate of drug-likeness (QED) is 0.331. The molecule has 1 aromatic carbocycles. The molecule has 146 valence electrons. The molecule has 1 unspecified atom stereocenters.